The maximum Gasteiger partial charge on any atom is 0.283 e. The number of anilines is 3. The van der Waals surface area contributed by atoms with Crippen LogP contribution in [0.1, 0.15) is 21.5 Å². The van der Waals surface area contributed by atoms with Gasteiger partial charge in [0.15, 0.2) is 0 Å². The molecule has 34 heavy (non-hydrogen) atoms. The van der Waals surface area contributed by atoms with Crippen LogP contribution in [0.2, 0.25) is 5.02 Å². The first-order chi connectivity index (χ1) is 16.1. The van der Waals surface area contributed by atoms with Crippen molar-refractivity contribution in [2.24, 2.45) is 0 Å². The predicted octanol–water partition coefficient (Wildman–Crippen LogP) is 5.78. The molecule has 3 aromatic carbocycles. The molecule has 1 aliphatic heterocycles. The van der Waals surface area contributed by atoms with E-state index in [9.17, 15) is 18.8 Å². The lowest BCUT2D eigenvalue weighted by Gasteiger charge is -2.16. The topological polar surface area (TPSA) is 78.5 Å². The Labute approximate surface area is 205 Å². The van der Waals surface area contributed by atoms with Gasteiger partial charge in [0.2, 0.25) is 0 Å². The van der Waals surface area contributed by atoms with E-state index in [4.69, 9.17) is 23.2 Å². The molecular formula is C25H18Cl2FN3O3. The number of carbonyl (C=O) groups is 3. The Balaban J connectivity index is 1.49. The number of hydrogen-bond acceptors (Lipinski definition) is 4. The number of hydrogen-bond donors (Lipinski definition) is 2. The van der Waals surface area contributed by atoms with Crippen molar-refractivity contribution in [3.8, 4) is 0 Å². The Morgan fingerprint density at radius 2 is 1.47 bits per heavy atom. The summed E-state index contributed by atoms with van der Waals surface area (Å²) in [6, 6.07) is 15.5. The molecule has 0 spiro atoms. The fraction of sp³-hybridized carbons (Fsp3) is 0.0800. The molecule has 4 rings (SSSR count). The van der Waals surface area contributed by atoms with Gasteiger partial charge in [0.1, 0.15) is 16.5 Å². The molecule has 0 saturated carbocycles. The number of aryl methyl sites for hydroxylation is 2. The van der Waals surface area contributed by atoms with E-state index in [-0.39, 0.29) is 15.8 Å². The van der Waals surface area contributed by atoms with Crippen molar-refractivity contribution in [1.82, 2.24) is 0 Å². The molecule has 0 fully saturated rings. The van der Waals surface area contributed by atoms with Crippen LogP contribution in [0.15, 0.2) is 71.4 Å². The molecule has 172 valence electrons. The second kappa shape index (κ2) is 9.29. The number of carbonyl (C=O) groups excluding carboxylic acids is 3. The first kappa shape index (κ1) is 23.5. The third kappa shape index (κ3) is 4.66. The van der Waals surface area contributed by atoms with Crippen molar-refractivity contribution in [1.29, 1.82) is 0 Å². The summed E-state index contributed by atoms with van der Waals surface area (Å²) in [5.41, 5.74) is 3.32. The van der Waals surface area contributed by atoms with Gasteiger partial charge in [0.05, 0.1) is 10.7 Å². The van der Waals surface area contributed by atoms with Crippen molar-refractivity contribution in [2.75, 3.05) is 15.5 Å². The molecule has 3 aromatic rings. The highest BCUT2D eigenvalue weighted by molar-refractivity contribution is 6.53. The van der Waals surface area contributed by atoms with Crippen molar-refractivity contribution in [3.63, 3.8) is 0 Å². The molecule has 3 amide bonds. The molecule has 0 unspecified atom stereocenters. The molecule has 0 atom stereocenters. The van der Waals surface area contributed by atoms with Crippen molar-refractivity contribution < 1.29 is 18.8 Å². The van der Waals surface area contributed by atoms with E-state index in [1.807, 2.05) is 19.9 Å². The molecule has 0 aromatic heterocycles. The van der Waals surface area contributed by atoms with Crippen molar-refractivity contribution >= 4 is 58.0 Å². The van der Waals surface area contributed by atoms with Gasteiger partial charge >= 0.3 is 0 Å². The minimum Gasteiger partial charge on any atom is -0.350 e. The van der Waals surface area contributed by atoms with Crippen molar-refractivity contribution in [2.45, 2.75) is 13.8 Å². The van der Waals surface area contributed by atoms with Gasteiger partial charge in [0.25, 0.3) is 17.7 Å². The summed E-state index contributed by atoms with van der Waals surface area (Å²) < 4.78 is 13.3. The van der Waals surface area contributed by atoms with Crippen LogP contribution in [-0.2, 0) is 9.59 Å². The number of nitrogens with zero attached hydrogens (tertiary/aromatic N) is 1. The first-order valence-corrected chi connectivity index (χ1v) is 10.9. The standard InChI is InChI=1S/C25H18Cl2FN3O3/c1-13-9-14(2)11-18(10-13)31-24(33)21(27)22(25(31)34)29-16-5-3-15(4-6-16)23(32)30-17-7-8-20(28)19(26)12-17/h3-12,29H,1-2H3,(H,30,32). The second-order valence-corrected chi connectivity index (χ2v) is 8.55. The second-order valence-electron chi connectivity index (χ2n) is 7.77. The summed E-state index contributed by atoms with van der Waals surface area (Å²) in [7, 11) is 0. The first-order valence-electron chi connectivity index (χ1n) is 10.1. The molecule has 0 saturated heterocycles. The van der Waals surface area contributed by atoms with Gasteiger partial charge < -0.3 is 10.6 Å². The van der Waals surface area contributed by atoms with E-state index in [1.165, 1.54) is 24.3 Å². The highest BCUT2D eigenvalue weighted by Gasteiger charge is 2.39. The lowest BCUT2D eigenvalue weighted by Crippen LogP contribution is -2.32. The molecule has 6 nitrogen and oxygen atoms in total. The molecule has 9 heteroatoms. The highest BCUT2D eigenvalue weighted by atomic mass is 35.5. The number of nitrogens with one attached hydrogen (secondary N) is 2. The summed E-state index contributed by atoms with van der Waals surface area (Å²) in [5, 5.41) is 5.17. The lowest BCUT2D eigenvalue weighted by atomic mass is 10.1. The third-order valence-electron chi connectivity index (χ3n) is 5.09. The van der Waals surface area contributed by atoms with E-state index in [2.05, 4.69) is 10.6 Å². The van der Waals surface area contributed by atoms with E-state index >= 15 is 0 Å². The van der Waals surface area contributed by atoms with Crippen LogP contribution >= 0.6 is 23.2 Å². The van der Waals surface area contributed by atoms with Crippen LogP contribution in [0.5, 0.6) is 0 Å². The van der Waals surface area contributed by atoms with E-state index in [0.29, 0.717) is 22.6 Å². The van der Waals surface area contributed by atoms with Gasteiger partial charge in [-0.1, -0.05) is 29.3 Å². The molecule has 1 aliphatic rings. The number of halogens is 3. The van der Waals surface area contributed by atoms with Gasteiger partial charge in [-0.25, -0.2) is 9.29 Å². The summed E-state index contributed by atoms with van der Waals surface area (Å²) >= 11 is 11.9. The number of imide groups is 1. The van der Waals surface area contributed by atoms with Gasteiger partial charge in [-0.2, -0.15) is 0 Å². The average Bonchev–Trinajstić information content (AvgIpc) is 2.99. The van der Waals surface area contributed by atoms with E-state index in [0.717, 1.165) is 22.1 Å². The SMILES string of the molecule is Cc1cc(C)cc(N2C(=O)C(Cl)=C(Nc3ccc(C(=O)Nc4ccc(F)c(Cl)c4)cc3)C2=O)c1. The smallest absolute Gasteiger partial charge is 0.283 e. The largest absolute Gasteiger partial charge is 0.350 e. The van der Waals surface area contributed by atoms with Crippen LogP contribution in [0.25, 0.3) is 0 Å². The Bertz CT molecular complexity index is 1350. The zero-order valence-electron chi connectivity index (χ0n) is 18.1. The van der Waals surface area contributed by atoms with Crippen LogP contribution in [0.3, 0.4) is 0 Å². The van der Waals surface area contributed by atoms with Gasteiger partial charge in [-0.05, 0) is 79.6 Å². The normalized spacial score (nSPS) is 13.5. The molecule has 0 bridgehead atoms. The fourth-order valence-electron chi connectivity index (χ4n) is 3.55. The highest BCUT2D eigenvalue weighted by Crippen LogP contribution is 2.31. The number of amides is 3. The zero-order valence-corrected chi connectivity index (χ0v) is 19.6. The lowest BCUT2D eigenvalue weighted by molar-refractivity contribution is -0.120. The van der Waals surface area contributed by atoms with Crippen molar-refractivity contribution in [3.05, 3.63) is 98.9 Å². The van der Waals surface area contributed by atoms with Gasteiger partial charge in [-0.3, -0.25) is 14.4 Å². The van der Waals surface area contributed by atoms with E-state index < -0.39 is 23.5 Å². The van der Waals surface area contributed by atoms with Crippen LogP contribution in [-0.4, -0.2) is 17.7 Å². The minimum absolute atomic E-state index is 0.0519. The zero-order chi connectivity index (χ0) is 24.6. The van der Waals surface area contributed by atoms with Crippen LogP contribution in [0.4, 0.5) is 21.5 Å². The fourth-order valence-corrected chi connectivity index (χ4v) is 3.95. The van der Waals surface area contributed by atoms with Crippen LogP contribution in [0, 0.1) is 19.7 Å². The molecule has 0 radical (unpaired) electrons. The summed E-state index contributed by atoms with van der Waals surface area (Å²) in [6.45, 7) is 3.75. The summed E-state index contributed by atoms with van der Waals surface area (Å²) in [5.74, 6) is -2.21. The third-order valence-corrected chi connectivity index (χ3v) is 5.73. The quantitative estimate of drug-likeness (QED) is 0.437. The molecule has 0 aliphatic carbocycles. The van der Waals surface area contributed by atoms with Crippen LogP contribution < -0.4 is 15.5 Å². The molecular weight excluding hydrogens is 480 g/mol. The molecule has 1 heterocycles. The Hall–Kier alpha value is -3.68. The minimum atomic E-state index is -0.617. The Morgan fingerprint density at radius 1 is 0.853 bits per heavy atom. The van der Waals surface area contributed by atoms with Gasteiger partial charge in [-0.15, -0.1) is 0 Å². The van der Waals surface area contributed by atoms with E-state index in [1.54, 1.807) is 24.3 Å². The number of benzene rings is 3. The predicted molar refractivity (Wildman–Crippen MR) is 131 cm³/mol. The Kier molecular flexibility index (Phi) is 6.41. The molecule has 2 N–H and O–H groups in total. The maximum atomic E-state index is 13.3. The monoisotopic (exact) mass is 497 g/mol. The summed E-state index contributed by atoms with van der Waals surface area (Å²) in [4.78, 5) is 39.2. The average molecular weight is 498 g/mol. The number of rotatable bonds is 5. The van der Waals surface area contributed by atoms with Gasteiger partial charge in [0, 0.05) is 16.9 Å². The summed E-state index contributed by atoms with van der Waals surface area (Å²) in [6.07, 6.45) is 0. The Morgan fingerprint density at radius 3 is 2.09 bits per heavy atom. The maximum absolute atomic E-state index is 13.3.